The second-order valence-corrected chi connectivity index (χ2v) is 6.83. The van der Waals surface area contributed by atoms with E-state index >= 15 is 0 Å². The number of carbonyl (C=O) groups excluding carboxylic acids is 1. The normalized spacial score (nSPS) is 27.4. The van der Waals surface area contributed by atoms with Crippen molar-refractivity contribution in [2.24, 2.45) is 11.8 Å². The van der Waals surface area contributed by atoms with Gasteiger partial charge in [-0.25, -0.2) is 0 Å². The van der Waals surface area contributed by atoms with E-state index in [1.54, 1.807) is 6.92 Å². The van der Waals surface area contributed by atoms with Gasteiger partial charge in [0.1, 0.15) is 0 Å². The Hall–Kier alpha value is -1.63. The van der Waals surface area contributed by atoms with E-state index in [0.29, 0.717) is 24.8 Å². The molecule has 3 atom stereocenters. The van der Waals surface area contributed by atoms with Crippen molar-refractivity contribution in [1.29, 1.82) is 10.5 Å². The lowest BCUT2D eigenvalue weighted by atomic mass is 10.0. The van der Waals surface area contributed by atoms with E-state index in [4.69, 9.17) is 5.26 Å². The zero-order valence-corrected chi connectivity index (χ0v) is 14.2. The molecule has 0 N–H and O–H groups in total. The highest BCUT2D eigenvalue weighted by molar-refractivity contribution is 5.73. The first-order valence-corrected chi connectivity index (χ1v) is 8.53. The Morgan fingerprint density at radius 3 is 2.48 bits per heavy atom. The second kappa shape index (κ2) is 8.29. The van der Waals surface area contributed by atoms with E-state index in [1.165, 1.54) is 0 Å². The lowest BCUT2D eigenvalue weighted by molar-refractivity contribution is -0.130. The van der Waals surface area contributed by atoms with Gasteiger partial charge in [-0.3, -0.25) is 9.69 Å². The van der Waals surface area contributed by atoms with Crippen LogP contribution < -0.4 is 0 Å². The molecule has 0 unspecified atom stereocenters. The van der Waals surface area contributed by atoms with Crippen LogP contribution in [0, 0.1) is 34.5 Å². The maximum Gasteiger partial charge on any atom is 0.219 e. The van der Waals surface area contributed by atoms with E-state index in [1.807, 2.05) is 4.90 Å². The van der Waals surface area contributed by atoms with Crippen molar-refractivity contribution in [3.05, 3.63) is 0 Å². The van der Waals surface area contributed by atoms with Crippen LogP contribution in [0.2, 0.25) is 0 Å². The predicted octanol–water partition coefficient (Wildman–Crippen LogP) is 0.914. The summed E-state index contributed by atoms with van der Waals surface area (Å²) in [5.74, 6) is 0.699. The molecular weight excluding hydrogens is 290 g/mol. The highest BCUT2D eigenvalue weighted by atomic mass is 16.2. The molecule has 2 fully saturated rings. The molecular formula is C17H27N5O. The monoisotopic (exact) mass is 317 g/mol. The molecule has 0 aromatic carbocycles. The number of hydrogen-bond donors (Lipinski definition) is 0. The molecule has 0 saturated carbocycles. The summed E-state index contributed by atoms with van der Waals surface area (Å²) >= 11 is 0. The highest BCUT2D eigenvalue weighted by Crippen LogP contribution is 2.24. The van der Waals surface area contributed by atoms with Crippen LogP contribution >= 0.6 is 0 Å². The molecule has 0 bridgehead atoms. The van der Waals surface area contributed by atoms with E-state index < -0.39 is 0 Å². The van der Waals surface area contributed by atoms with Crippen LogP contribution in [0.5, 0.6) is 0 Å². The Morgan fingerprint density at radius 1 is 1.22 bits per heavy atom. The highest BCUT2D eigenvalue weighted by Gasteiger charge is 2.36. The fourth-order valence-electron chi connectivity index (χ4n) is 3.79. The largest absolute Gasteiger partial charge is 0.340 e. The summed E-state index contributed by atoms with van der Waals surface area (Å²) in [5.41, 5.74) is 0. The smallest absolute Gasteiger partial charge is 0.219 e. The van der Waals surface area contributed by atoms with E-state index in [0.717, 1.165) is 45.8 Å². The van der Waals surface area contributed by atoms with E-state index in [2.05, 4.69) is 28.9 Å². The molecule has 2 aliphatic heterocycles. The van der Waals surface area contributed by atoms with Crippen molar-refractivity contribution in [2.75, 3.05) is 45.8 Å². The van der Waals surface area contributed by atoms with Crippen molar-refractivity contribution in [1.82, 2.24) is 14.7 Å². The molecule has 0 aliphatic carbocycles. The predicted molar refractivity (Wildman–Crippen MR) is 87.2 cm³/mol. The van der Waals surface area contributed by atoms with Gasteiger partial charge in [0.25, 0.3) is 0 Å². The van der Waals surface area contributed by atoms with Gasteiger partial charge in [0.2, 0.25) is 5.91 Å². The van der Waals surface area contributed by atoms with Crippen LogP contribution in [0.3, 0.4) is 0 Å². The summed E-state index contributed by atoms with van der Waals surface area (Å²) in [6, 6.07) is 4.98. The third kappa shape index (κ3) is 4.67. The number of piperazine rings is 1. The van der Waals surface area contributed by atoms with Crippen LogP contribution in [-0.2, 0) is 4.79 Å². The van der Waals surface area contributed by atoms with Crippen molar-refractivity contribution in [2.45, 2.75) is 32.7 Å². The molecule has 6 nitrogen and oxygen atoms in total. The number of hydrogen-bond acceptors (Lipinski definition) is 5. The summed E-state index contributed by atoms with van der Waals surface area (Å²) in [6.45, 7) is 10.2. The number of nitriles is 2. The van der Waals surface area contributed by atoms with Crippen molar-refractivity contribution < 1.29 is 4.79 Å². The Kier molecular flexibility index (Phi) is 6.38. The molecule has 2 rings (SSSR count). The molecule has 23 heavy (non-hydrogen) atoms. The van der Waals surface area contributed by atoms with Crippen LogP contribution in [0.25, 0.3) is 0 Å². The molecule has 2 heterocycles. The molecule has 6 heteroatoms. The molecule has 0 spiro atoms. The van der Waals surface area contributed by atoms with Gasteiger partial charge < -0.3 is 9.80 Å². The minimum Gasteiger partial charge on any atom is -0.340 e. The standard InChI is InChI=1S/C17H27N5O/c1-14-11-20(12-16(10-19)4-3-5-18)13-17(14)22-8-6-21(7-9-22)15(2)23/h14,16-17H,3-4,6-9,11-13H2,1-2H3/t14-,16-,17+/m0/s1. The average Bonchev–Trinajstić information content (AvgIpc) is 2.92. The fourth-order valence-corrected chi connectivity index (χ4v) is 3.79. The van der Waals surface area contributed by atoms with Gasteiger partial charge in [0.15, 0.2) is 0 Å². The van der Waals surface area contributed by atoms with Gasteiger partial charge in [-0.2, -0.15) is 10.5 Å². The summed E-state index contributed by atoms with van der Waals surface area (Å²) in [7, 11) is 0. The molecule has 0 radical (unpaired) electrons. The van der Waals surface area contributed by atoms with Crippen molar-refractivity contribution in [3.8, 4) is 12.1 Å². The van der Waals surface area contributed by atoms with Gasteiger partial charge in [-0.15, -0.1) is 0 Å². The maximum atomic E-state index is 11.4. The number of likely N-dealkylation sites (tertiary alicyclic amines) is 1. The third-order valence-electron chi connectivity index (χ3n) is 5.14. The van der Waals surface area contributed by atoms with Gasteiger partial charge in [0.05, 0.1) is 18.1 Å². The lowest BCUT2D eigenvalue weighted by Gasteiger charge is -2.39. The Balaban J connectivity index is 1.83. The van der Waals surface area contributed by atoms with Crippen molar-refractivity contribution in [3.63, 3.8) is 0 Å². The number of nitrogens with zero attached hydrogens (tertiary/aromatic N) is 5. The Morgan fingerprint density at radius 2 is 1.91 bits per heavy atom. The summed E-state index contributed by atoms with van der Waals surface area (Å²) in [5, 5.41) is 17.9. The number of rotatable bonds is 5. The first kappa shape index (κ1) is 17.7. The zero-order chi connectivity index (χ0) is 16.8. The summed E-state index contributed by atoms with van der Waals surface area (Å²) in [6.07, 6.45) is 1.12. The topological polar surface area (TPSA) is 74.4 Å². The second-order valence-electron chi connectivity index (χ2n) is 6.83. The Bertz CT molecular complexity index is 486. The van der Waals surface area contributed by atoms with Gasteiger partial charge >= 0.3 is 0 Å². The van der Waals surface area contributed by atoms with Crippen molar-refractivity contribution >= 4 is 5.91 Å². The SMILES string of the molecule is CC(=O)N1CCN([C@@H]2CN(C[C@H](C#N)CCC#N)C[C@@H]2C)CC1. The zero-order valence-electron chi connectivity index (χ0n) is 14.2. The molecule has 0 aromatic heterocycles. The Labute approximate surface area is 139 Å². The summed E-state index contributed by atoms with van der Waals surface area (Å²) < 4.78 is 0. The molecule has 2 saturated heterocycles. The lowest BCUT2D eigenvalue weighted by Crippen LogP contribution is -2.53. The molecule has 126 valence electrons. The third-order valence-corrected chi connectivity index (χ3v) is 5.14. The van der Waals surface area contributed by atoms with E-state index in [-0.39, 0.29) is 11.8 Å². The number of carbonyl (C=O) groups is 1. The average molecular weight is 317 g/mol. The van der Waals surface area contributed by atoms with Gasteiger partial charge in [0, 0.05) is 65.2 Å². The van der Waals surface area contributed by atoms with Gasteiger partial charge in [-0.1, -0.05) is 6.92 Å². The van der Waals surface area contributed by atoms with Crippen LogP contribution in [0.15, 0.2) is 0 Å². The minimum absolute atomic E-state index is 0.0461. The number of amides is 1. The first-order valence-electron chi connectivity index (χ1n) is 8.53. The fraction of sp³-hybridized carbons (Fsp3) is 0.824. The van der Waals surface area contributed by atoms with Crippen LogP contribution in [0.1, 0.15) is 26.7 Å². The van der Waals surface area contributed by atoms with Crippen LogP contribution in [-0.4, -0.2) is 72.5 Å². The molecule has 2 aliphatic rings. The van der Waals surface area contributed by atoms with Gasteiger partial charge in [-0.05, 0) is 12.3 Å². The molecule has 0 aromatic rings. The van der Waals surface area contributed by atoms with E-state index in [9.17, 15) is 10.1 Å². The first-order chi connectivity index (χ1) is 11.0. The summed E-state index contributed by atoms with van der Waals surface area (Å²) in [4.78, 5) is 18.2. The minimum atomic E-state index is -0.0461. The van der Waals surface area contributed by atoms with Crippen LogP contribution in [0.4, 0.5) is 0 Å². The molecule has 1 amide bonds. The quantitative estimate of drug-likeness (QED) is 0.753. The maximum absolute atomic E-state index is 11.4.